The standard InChI is InChI=1S/C10H15NOS/c1-8-3-4-9(11)10(7-8)13-6-5-12-2/h3-4,7H,5-6,11H2,1-2H3. The van der Waals surface area contributed by atoms with E-state index in [1.165, 1.54) is 5.56 Å². The summed E-state index contributed by atoms with van der Waals surface area (Å²) in [7, 11) is 1.71. The number of hydrogen-bond acceptors (Lipinski definition) is 3. The molecule has 13 heavy (non-hydrogen) atoms. The summed E-state index contributed by atoms with van der Waals surface area (Å²) < 4.78 is 4.97. The molecule has 0 aliphatic heterocycles. The van der Waals surface area contributed by atoms with Crippen LogP contribution in [0.2, 0.25) is 0 Å². The van der Waals surface area contributed by atoms with Crippen molar-refractivity contribution in [2.45, 2.75) is 11.8 Å². The van der Waals surface area contributed by atoms with Gasteiger partial charge in [-0.25, -0.2) is 0 Å². The van der Waals surface area contributed by atoms with Crippen molar-refractivity contribution in [1.29, 1.82) is 0 Å². The molecule has 0 fully saturated rings. The number of thioether (sulfide) groups is 1. The van der Waals surface area contributed by atoms with E-state index >= 15 is 0 Å². The van der Waals surface area contributed by atoms with Gasteiger partial charge in [-0.1, -0.05) is 6.07 Å². The van der Waals surface area contributed by atoms with Crippen LogP contribution in [0.5, 0.6) is 0 Å². The molecule has 0 aliphatic carbocycles. The van der Waals surface area contributed by atoms with Gasteiger partial charge in [0.15, 0.2) is 0 Å². The van der Waals surface area contributed by atoms with Crippen molar-refractivity contribution in [1.82, 2.24) is 0 Å². The average Bonchev–Trinajstić information content (AvgIpc) is 2.11. The van der Waals surface area contributed by atoms with Crippen LogP contribution >= 0.6 is 11.8 Å². The SMILES string of the molecule is COCCSc1cc(C)ccc1N. The second-order valence-electron chi connectivity index (χ2n) is 2.88. The molecule has 0 saturated carbocycles. The molecule has 0 heterocycles. The molecule has 1 aromatic rings. The molecule has 0 saturated heterocycles. The Hall–Kier alpha value is -0.670. The molecule has 1 aromatic carbocycles. The molecule has 0 aromatic heterocycles. The smallest absolute Gasteiger partial charge is 0.0556 e. The number of ether oxygens (including phenoxy) is 1. The number of anilines is 1. The van der Waals surface area contributed by atoms with Crippen molar-refractivity contribution in [3.05, 3.63) is 23.8 Å². The van der Waals surface area contributed by atoms with Crippen LogP contribution in [0.4, 0.5) is 5.69 Å². The van der Waals surface area contributed by atoms with E-state index in [-0.39, 0.29) is 0 Å². The predicted molar refractivity (Wildman–Crippen MR) is 58.2 cm³/mol. The maximum atomic E-state index is 5.81. The third-order valence-electron chi connectivity index (χ3n) is 1.71. The van der Waals surface area contributed by atoms with Gasteiger partial charge in [0.05, 0.1) is 6.61 Å². The van der Waals surface area contributed by atoms with Crippen LogP contribution in [-0.4, -0.2) is 19.5 Å². The van der Waals surface area contributed by atoms with Crippen molar-refractivity contribution < 1.29 is 4.74 Å². The highest BCUT2D eigenvalue weighted by Crippen LogP contribution is 2.25. The van der Waals surface area contributed by atoms with Gasteiger partial charge in [-0.3, -0.25) is 0 Å². The molecule has 0 unspecified atom stereocenters. The summed E-state index contributed by atoms with van der Waals surface area (Å²) in [4.78, 5) is 1.15. The van der Waals surface area contributed by atoms with Gasteiger partial charge in [0.1, 0.15) is 0 Å². The third kappa shape index (κ3) is 3.28. The molecular formula is C10H15NOS. The molecule has 0 spiro atoms. The second-order valence-corrected chi connectivity index (χ2v) is 4.02. The molecule has 3 heteroatoms. The maximum absolute atomic E-state index is 5.81. The summed E-state index contributed by atoms with van der Waals surface area (Å²) in [6.45, 7) is 2.83. The summed E-state index contributed by atoms with van der Waals surface area (Å²) in [5, 5.41) is 0. The van der Waals surface area contributed by atoms with E-state index in [1.807, 2.05) is 12.1 Å². The maximum Gasteiger partial charge on any atom is 0.0556 e. The minimum absolute atomic E-state index is 0.762. The Balaban J connectivity index is 2.59. The first-order chi connectivity index (χ1) is 6.24. The molecule has 0 atom stereocenters. The number of benzene rings is 1. The highest BCUT2D eigenvalue weighted by atomic mass is 32.2. The Labute approximate surface area is 83.5 Å². The summed E-state index contributed by atoms with van der Waals surface area (Å²) >= 11 is 1.74. The Morgan fingerprint density at radius 1 is 1.46 bits per heavy atom. The number of rotatable bonds is 4. The van der Waals surface area contributed by atoms with Crippen molar-refractivity contribution in [2.75, 3.05) is 25.2 Å². The van der Waals surface area contributed by atoms with Gasteiger partial charge in [-0.15, -0.1) is 11.8 Å². The number of aryl methyl sites for hydroxylation is 1. The Bertz CT molecular complexity index is 276. The fraction of sp³-hybridized carbons (Fsp3) is 0.400. The topological polar surface area (TPSA) is 35.2 Å². The van der Waals surface area contributed by atoms with Crippen LogP contribution in [0, 0.1) is 6.92 Å². The van der Waals surface area contributed by atoms with Crippen molar-refractivity contribution in [3.63, 3.8) is 0 Å². The fourth-order valence-electron chi connectivity index (χ4n) is 1.00. The van der Waals surface area contributed by atoms with Crippen LogP contribution in [-0.2, 0) is 4.74 Å². The van der Waals surface area contributed by atoms with Crippen LogP contribution < -0.4 is 5.73 Å². The summed E-state index contributed by atoms with van der Waals surface area (Å²) in [5.41, 5.74) is 7.91. The van der Waals surface area contributed by atoms with Crippen molar-refractivity contribution in [2.24, 2.45) is 0 Å². The molecule has 2 N–H and O–H groups in total. The molecule has 0 bridgehead atoms. The van der Waals surface area contributed by atoms with E-state index in [2.05, 4.69) is 13.0 Å². The zero-order valence-electron chi connectivity index (χ0n) is 8.04. The molecule has 0 aliphatic rings. The van der Waals surface area contributed by atoms with Crippen LogP contribution in [0.15, 0.2) is 23.1 Å². The molecule has 0 radical (unpaired) electrons. The van der Waals surface area contributed by atoms with Gasteiger partial charge in [-0.05, 0) is 24.6 Å². The largest absolute Gasteiger partial charge is 0.398 e. The van der Waals surface area contributed by atoms with Crippen molar-refractivity contribution in [3.8, 4) is 0 Å². The Morgan fingerprint density at radius 3 is 2.92 bits per heavy atom. The summed E-state index contributed by atoms with van der Waals surface area (Å²) in [6, 6.07) is 6.08. The molecular weight excluding hydrogens is 182 g/mol. The third-order valence-corrected chi connectivity index (χ3v) is 2.75. The fourth-order valence-corrected chi connectivity index (χ4v) is 1.98. The first kappa shape index (κ1) is 10.4. The number of methoxy groups -OCH3 is 1. The van der Waals surface area contributed by atoms with Gasteiger partial charge in [0, 0.05) is 23.4 Å². The Morgan fingerprint density at radius 2 is 2.23 bits per heavy atom. The molecule has 2 nitrogen and oxygen atoms in total. The number of nitrogens with two attached hydrogens (primary N) is 1. The summed E-state index contributed by atoms with van der Waals surface area (Å²) in [5.74, 6) is 0.949. The zero-order valence-corrected chi connectivity index (χ0v) is 8.86. The second kappa shape index (κ2) is 5.14. The average molecular weight is 197 g/mol. The molecule has 0 amide bonds. The first-order valence-corrected chi connectivity index (χ1v) is 5.20. The van der Waals surface area contributed by atoms with Crippen LogP contribution in [0.1, 0.15) is 5.56 Å². The normalized spacial score (nSPS) is 10.3. The predicted octanol–water partition coefficient (Wildman–Crippen LogP) is 2.32. The highest BCUT2D eigenvalue weighted by molar-refractivity contribution is 7.99. The van der Waals surface area contributed by atoms with E-state index in [4.69, 9.17) is 10.5 Å². The lowest BCUT2D eigenvalue weighted by Crippen LogP contribution is -1.94. The minimum Gasteiger partial charge on any atom is -0.398 e. The quantitative estimate of drug-likeness (QED) is 0.457. The highest BCUT2D eigenvalue weighted by Gasteiger charge is 1.99. The van der Waals surface area contributed by atoms with E-state index in [9.17, 15) is 0 Å². The van der Waals surface area contributed by atoms with E-state index < -0.39 is 0 Å². The van der Waals surface area contributed by atoms with Gasteiger partial charge < -0.3 is 10.5 Å². The van der Waals surface area contributed by atoms with Gasteiger partial charge >= 0.3 is 0 Å². The summed E-state index contributed by atoms with van der Waals surface area (Å²) in [6.07, 6.45) is 0. The lowest BCUT2D eigenvalue weighted by atomic mass is 10.2. The first-order valence-electron chi connectivity index (χ1n) is 4.22. The number of nitrogen functional groups attached to an aromatic ring is 1. The zero-order chi connectivity index (χ0) is 9.68. The number of hydrogen-bond donors (Lipinski definition) is 1. The lowest BCUT2D eigenvalue weighted by molar-refractivity contribution is 0.218. The van der Waals surface area contributed by atoms with E-state index in [0.29, 0.717) is 0 Å². The lowest BCUT2D eigenvalue weighted by Gasteiger charge is -2.05. The Kier molecular flexibility index (Phi) is 4.12. The monoisotopic (exact) mass is 197 g/mol. The molecule has 1 rings (SSSR count). The van der Waals surface area contributed by atoms with Crippen molar-refractivity contribution >= 4 is 17.4 Å². The van der Waals surface area contributed by atoms with E-state index in [0.717, 1.165) is 22.9 Å². The van der Waals surface area contributed by atoms with Gasteiger partial charge in [0.25, 0.3) is 0 Å². The van der Waals surface area contributed by atoms with Gasteiger partial charge in [0.2, 0.25) is 0 Å². The minimum atomic E-state index is 0.762. The van der Waals surface area contributed by atoms with Gasteiger partial charge in [-0.2, -0.15) is 0 Å². The van der Waals surface area contributed by atoms with Crippen LogP contribution in [0.3, 0.4) is 0 Å². The van der Waals surface area contributed by atoms with Crippen LogP contribution in [0.25, 0.3) is 0 Å². The molecule has 72 valence electrons. The van der Waals surface area contributed by atoms with E-state index in [1.54, 1.807) is 18.9 Å².